The molecule has 0 saturated heterocycles. The van der Waals surface area contributed by atoms with Crippen molar-refractivity contribution in [2.24, 2.45) is 17.8 Å². The van der Waals surface area contributed by atoms with Crippen molar-refractivity contribution in [2.45, 2.75) is 65.0 Å². The molecule has 3 atom stereocenters. The zero-order valence-electron chi connectivity index (χ0n) is 21.6. The Bertz CT molecular complexity index is 1410. The third-order valence-corrected chi connectivity index (χ3v) is 8.01. The predicted molar refractivity (Wildman–Crippen MR) is 143 cm³/mol. The van der Waals surface area contributed by atoms with E-state index in [2.05, 4.69) is 10.5 Å². The van der Waals surface area contributed by atoms with Crippen LogP contribution in [0.3, 0.4) is 0 Å². The van der Waals surface area contributed by atoms with Crippen LogP contribution in [0.15, 0.2) is 53.3 Å². The summed E-state index contributed by atoms with van der Waals surface area (Å²) < 4.78 is 0. The minimum atomic E-state index is -1.02. The number of carbonyl (C=O) groups excluding carboxylic acids is 1. The Morgan fingerprint density at radius 2 is 1.76 bits per heavy atom. The molecule has 5 rings (SSSR count). The first-order chi connectivity index (χ1) is 17.6. The van der Waals surface area contributed by atoms with Crippen molar-refractivity contribution in [3.63, 3.8) is 0 Å². The largest absolute Gasteiger partial charge is 0.465 e. The number of rotatable bonds is 6. The summed E-state index contributed by atoms with van der Waals surface area (Å²) in [6.07, 6.45) is 4.15. The molecule has 1 aromatic heterocycles. The van der Waals surface area contributed by atoms with Gasteiger partial charge in [0.05, 0.1) is 11.9 Å². The van der Waals surface area contributed by atoms with E-state index in [1.54, 1.807) is 12.1 Å². The number of hydrogen-bond acceptors (Lipinski definition) is 4. The second-order valence-electron chi connectivity index (χ2n) is 11.5. The minimum Gasteiger partial charge on any atom is -0.465 e. The van der Waals surface area contributed by atoms with Crippen molar-refractivity contribution in [1.82, 2.24) is 14.8 Å². The van der Waals surface area contributed by atoms with E-state index in [9.17, 15) is 19.5 Å². The third-order valence-electron chi connectivity index (χ3n) is 8.01. The van der Waals surface area contributed by atoms with Gasteiger partial charge in [0.1, 0.15) is 5.69 Å². The van der Waals surface area contributed by atoms with Crippen molar-refractivity contribution in [2.75, 3.05) is 5.43 Å². The Morgan fingerprint density at radius 3 is 2.41 bits per heavy atom. The Hall–Kier alpha value is -3.68. The molecule has 2 aliphatic carbocycles. The van der Waals surface area contributed by atoms with Gasteiger partial charge in [0.15, 0.2) is 0 Å². The lowest BCUT2D eigenvalue weighted by atomic mass is 9.86. The van der Waals surface area contributed by atoms with E-state index in [1.165, 1.54) is 24.2 Å². The molecule has 2 bridgehead atoms. The average Bonchev–Trinajstić information content (AvgIpc) is 3.47. The third kappa shape index (κ3) is 4.97. The first kappa shape index (κ1) is 25.0. The molecule has 37 heavy (non-hydrogen) atoms. The fraction of sp³-hybridized carbons (Fsp3) is 0.448. The molecule has 2 fully saturated rings. The maximum Gasteiger partial charge on any atom is 0.408 e. The lowest BCUT2D eigenvalue weighted by Gasteiger charge is -2.33. The molecule has 2 amide bonds. The SMILES string of the molecule is CC(C)(C)N(Cc1ccccc1-c1nn(NC(=O)CC2CC3CCC2C3)c(=O)c2ccccc12)C(=O)O. The molecule has 3 aromatic rings. The molecular formula is C29H34N4O4. The van der Waals surface area contributed by atoms with E-state index >= 15 is 0 Å². The van der Waals surface area contributed by atoms with Crippen LogP contribution in [-0.4, -0.2) is 37.4 Å². The van der Waals surface area contributed by atoms with Gasteiger partial charge in [-0.25, -0.2) is 10.2 Å². The Labute approximate surface area is 216 Å². The summed E-state index contributed by atoms with van der Waals surface area (Å²) >= 11 is 0. The second-order valence-corrected chi connectivity index (χ2v) is 11.5. The van der Waals surface area contributed by atoms with Crippen LogP contribution >= 0.6 is 0 Å². The van der Waals surface area contributed by atoms with Gasteiger partial charge < -0.3 is 5.11 Å². The number of nitrogens with one attached hydrogen (secondary N) is 1. The molecule has 2 aliphatic rings. The Morgan fingerprint density at radius 1 is 1.05 bits per heavy atom. The molecule has 2 aromatic carbocycles. The van der Waals surface area contributed by atoms with Gasteiger partial charge in [-0.15, -0.1) is 9.89 Å². The number of amides is 2. The van der Waals surface area contributed by atoms with Gasteiger partial charge in [-0.1, -0.05) is 48.9 Å². The molecule has 2 saturated carbocycles. The van der Waals surface area contributed by atoms with Crippen LogP contribution in [0.2, 0.25) is 0 Å². The van der Waals surface area contributed by atoms with Gasteiger partial charge in [-0.2, -0.15) is 0 Å². The summed E-state index contributed by atoms with van der Waals surface area (Å²) in [4.78, 5) is 40.8. The number of hydrogen-bond donors (Lipinski definition) is 2. The summed E-state index contributed by atoms with van der Waals surface area (Å²) in [5.74, 6) is 1.52. The van der Waals surface area contributed by atoms with Crippen LogP contribution in [0.25, 0.3) is 22.0 Å². The molecule has 8 nitrogen and oxygen atoms in total. The quantitative estimate of drug-likeness (QED) is 0.480. The van der Waals surface area contributed by atoms with Gasteiger partial charge in [0.2, 0.25) is 5.91 Å². The smallest absolute Gasteiger partial charge is 0.408 e. The zero-order chi connectivity index (χ0) is 26.3. The molecule has 194 valence electrons. The predicted octanol–water partition coefficient (Wildman–Crippen LogP) is 5.24. The van der Waals surface area contributed by atoms with Crippen LogP contribution in [0.1, 0.15) is 58.4 Å². The maximum absolute atomic E-state index is 13.3. The highest BCUT2D eigenvalue weighted by molar-refractivity contribution is 5.95. The topological polar surface area (TPSA) is 105 Å². The number of aromatic nitrogens is 2. The maximum atomic E-state index is 13.3. The monoisotopic (exact) mass is 502 g/mol. The van der Waals surface area contributed by atoms with E-state index in [0.717, 1.165) is 22.7 Å². The van der Waals surface area contributed by atoms with Crippen molar-refractivity contribution < 1.29 is 14.7 Å². The fourth-order valence-electron chi connectivity index (χ4n) is 6.14. The molecule has 3 unspecified atom stereocenters. The summed E-state index contributed by atoms with van der Waals surface area (Å²) in [7, 11) is 0. The Balaban J connectivity index is 1.52. The first-order valence-corrected chi connectivity index (χ1v) is 13.0. The summed E-state index contributed by atoms with van der Waals surface area (Å²) in [5, 5.41) is 15.6. The number of carboxylic acid groups (broad SMARTS) is 1. The van der Waals surface area contributed by atoms with Crippen LogP contribution in [0.4, 0.5) is 4.79 Å². The number of carbonyl (C=O) groups is 2. The van der Waals surface area contributed by atoms with Crippen LogP contribution in [-0.2, 0) is 11.3 Å². The highest BCUT2D eigenvalue weighted by Gasteiger charge is 2.40. The van der Waals surface area contributed by atoms with E-state index in [0.29, 0.717) is 40.3 Å². The van der Waals surface area contributed by atoms with E-state index in [4.69, 9.17) is 0 Å². The molecule has 2 N–H and O–H groups in total. The van der Waals surface area contributed by atoms with Crippen LogP contribution in [0.5, 0.6) is 0 Å². The Kier molecular flexibility index (Phi) is 6.52. The molecule has 0 radical (unpaired) electrons. The van der Waals surface area contributed by atoms with Gasteiger partial charge in [0.25, 0.3) is 5.56 Å². The van der Waals surface area contributed by atoms with Gasteiger partial charge in [-0.05, 0) is 69.4 Å². The van der Waals surface area contributed by atoms with Crippen molar-refractivity contribution in [3.05, 3.63) is 64.4 Å². The molecule has 0 aliphatic heterocycles. The second kappa shape index (κ2) is 9.65. The summed E-state index contributed by atoms with van der Waals surface area (Å²) in [6, 6.07) is 14.6. The normalized spacial score (nSPS) is 20.8. The summed E-state index contributed by atoms with van der Waals surface area (Å²) in [5.41, 5.74) is 3.74. The van der Waals surface area contributed by atoms with Gasteiger partial charge in [0, 0.05) is 22.9 Å². The minimum absolute atomic E-state index is 0.154. The number of nitrogens with zero attached hydrogens (tertiary/aromatic N) is 3. The van der Waals surface area contributed by atoms with E-state index in [1.807, 2.05) is 57.2 Å². The van der Waals surface area contributed by atoms with Crippen molar-refractivity contribution >= 4 is 22.8 Å². The van der Waals surface area contributed by atoms with Crippen molar-refractivity contribution in [3.8, 4) is 11.3 Å². The number of benzene rings is 2. The van der Waals surface area contributed by atoms with Gasteiger partial charge in [-0.3, -0.25) is 14.5 Å². The van der Waals surface area contributed by atoms with E-state index in [-0.39, 0.29) is 18.0 Å². The first-order valence-electron chi connectivity index (χ1n) is 13.0. The highest BCUT2D eigenvalue weighted by atomic mass is 16.4. The lowest BCUT2D eigenvalue weighted by molar-refractivity contribution is -0.118. The standard InChI is InChI=1S/C29H34N4O4/c1-29(2,3)32(28(36)37)17-20-8-4-5-9-22(20)26-23-10-6-7-11-24(23)27(35)33(31-26)30-25(34)16-21-15-18-12-13-19(21)14-18/h4-11,18-19,21H,12-17H2,1-3H3,(H,30,34)(H,36,37). The molecule has 8 heteroatoms. The average molecular weight is 503 g/mol. The van der Waals surface area contributed by atoms with Crippen LogP contribution in [0, 0.1) is 17.8 Å². The number of fused-ring (bicyclic) bond motifs is 3. The summed E-state index contributed by atoms with van der Waals surface area (Å²) in [6.45, 7) is 5.70. The van der Waals surface area contributed by atoms with E-state index < -0.39 is 11.6 Å². The van der Waals surface area contributed by atoms with Crippen molar-refractivity contribution in [1.29, 1.82) is 0 Å². The molecule has 0 spiro atoms. The molecule has 1 heterocycles. The lowest BCUT2D eigenvalue weighted by Crippen LogP contribution is -2.44. The fourth-order valence-corrected chi connectivity index (χ4v) is 6.14. The van der Waals surface area contributed by atoms with Gasteiger partial charge >= 0.3 is 6.09 Å². The zero-order valence-corrected chi connectivity index (χ0v) is 21.6. The van der Waals surface area contributed by atoms with Crippen LogP contribution < -0.4 is 11.0 Å². The highest BCUT2D eigenvalue weighted by Crippen LogP contribution is 2.49. The molecular weight excluding hydrogens is 468 g/mol.